The minimum absolute atomic E-state index is 0.0360. The Balaban J connectivity index is 1.66. The van der Waals surface area contributed by atoms with Crippen LogP contribution in [0, 0.1) is 0 Å². The Morgan fingerprint density at radius 3 is 2.48 bits per heavy atom. The Morgan fingerprint density at radius 1 is 0.935 bits per heavy atom. The lowest BCUT2D eigenvalue weighted by Gasteiger charge is -2.08. The molecule has 0 spiro atoms. The van der Waals surface area contributed by atoms with E-state index in [-0.39, 0.29) is 6.42 Å². The normalized spacial score (nSPS) is 14.1. The standard InChI is InChI=1S/C28H26O3/c1-3-20-12-13-24-25(19(2)26(17-28(29)30)27(24)15-20)16-21-8-7-9-22(14-21)18-31-23-10-5-4-6-11-23/h4-16H,3,17-18H2,1-2H3,(H,29,30)/b25-16-. The third kappa shape index (κ3) is 4.61. The summed E-state index contributed by atoms with van der Waals surface area (Å²) in [7, 11) is 0. The molecular weight excluding hydrogens is 384 g/mol. The highest BCUT2D eigenvalue weighted by Gasteiger charge is 2.25. The van der Waals surface area contributed by atoms with Crippen molar-refractivity contribution in [2.24, 2.45) is 0 Å². The summed E-state index contributed by atoms with van der Waals surface area (Å²) in [5, 5.41) is 9.44. The van der Waals surface area contributed by atoms with Gasteiger partial charge in [0.25, 0.3) is 0 Å². The van der Waals surface area contributed by atoms with Gasteiger partial charge in [0.2, 0.25) is 0 Å². The van der Waals surface area contributed by atoms with Gasteiger partial charge in [0.05, 0.1) is 6.42 Å². The molecule has 0 unspecified atom stereocenters. The van der Waals surface area contributed by atoms with E-state index in [9.17, 15) is 9.90 Å². The van der Waals surface area contributed by atoms with Crippen molar-refractivity contribution in [1.82, 2.24) is 0 Å². The molecular formula is C28H26O3. The highest BCUT2D eigenvalue weighted by molar-refractivity contribution is 6.07. The SMILES string of the molecule is CCc1ccc2c(c1)C(CC(=O)O)=C(C)/C2=C/c1cccc(COc2ccccc2)c1. The van der Waals surface area contributed by atoms with Gasteiger partial charge in [-0.05, 0) is 82.2 Å². The van der Waals surface area contributed by atoms with E-state index < -0.39 is 5.97 Å². The molecule has 0 saturated heterocycles. The lowest BCUT2D eigenvalue weighted by atomic mass is 9.97. The van der Waals surface area contributed by atoms with E-state index in [2.05, 4.69) is 49.4 Å². The Kier molecular flexibility index (Phi) is 6.03. The second-order valence-electron chi connectivity index (χ2n) is 7.81. The molecule has 0 amide bonds. The van der Waals surface area contributed by atoms with Gasteiger partial charge in [-0.15, -0.1) is 0 Å². The molecule has 0 atom stereocenters. The number of benzene rings is 3. The second-order valence-corrected chi connectivity index (χ2v) is 7.81. The van der Waals surface area contributed by atoms with E-state index in [1.807, 2.05) is 43.3 Å². The fourth-order valence-corrected chi connectivity index (χ4v) is 4.05. The van der Waals surface area contributed by atoms with Gasteiger partial charge < -0.3 is 9.84 Å². The van der Waals surface area contributed by atoms with Crippen LogP contribution in [0.25, 0.3) is 17.2 Å². The first-order valence-corrected chi connectivity index (χ1v) is 10.6. The van der Waals surface area contributed by atoms with E-state index in [1.54, 1.807) is 0 Å². The number of aryl methyl sites for hydroxylation is 1. The first-order chi connectivity index (χ1) is 15.0. The molecule has 0 saturated carbocycles. The minimum atomic E-state index is -0.802. The first-order valence-electron chi connectivity index (χ1n) is 10.6. The zero-order chi connectivity index (χ0) is 21.8. The van der Waals surface area contributed by atoms with E-state index >= 15 is 0 Å². The molecule has 1 aliphatic rings. The van der Waals surface area contributed by atoms with Gasteiger partial charge in [0.1, 0.15) is 12.4 Å². The van der Waals surface area contributed by atoms with Crippen LogP contribution >= 0.6 is 0 Å². The van der Waals surface area contributed by atoms with E-state index in [1.165, 1.54) is 5.56 Å². The van der Waals surface area contributed by atoms with Gasteiger partial charge in [0.15, 0.2) is 0 Å². The molecule has 1 N–H and O–H groups in total. The molecule has 0 aromatic heterocycles. The predicted octanol–water partition coefficient (Wildman–Crippen LogP) is 6.63. The van der Waals surface area contributed by atoms with Crippen LogP contribution in [0.4, 0.5) is 0 Å². The highest BCUT2D eigenvalue weighted by atomic mass is 16.5. The maximum Gasteiger partial charge on any atom is 0.307 e. The van der Waals surface area contributed by atoms with Crippen molar-refractivity contribution in [2.75, 3.05) is 0 Å². The van der Waals surface area contributed by atoms with Crippen LogP contribution in [0.5, 0.6) is 5.75 Å². The van der Waals surface area contributed by atoms with Crippen LogP contribution in [-0.2, 0) is 17.8 Å². The van der Waals surface area contributed by atoms with Gasteiger partial charge in [-0.2, -0.15) is 0 Å². The monoisotopic (exact) mass is 410 g/mol. The third-order valence-corrected chi connectivity index (χ3v) is 5.70. The number of carboxylic acids is 1. The molecule has 0 aliphatic heterocycles. The number of allylic oxidation sites excluding steroid dienone is 2. The predicted molar refractivity (Wildman–Crippen MR) is 126 cm³/mol. The number of hydrogen-bond donors (Lipinski definition) is 1. The van der Waals surface area contributed by atoms with Crippen molar-refractivity contribution >= 4 is 23.2 Å². The lowest BCUT2D eigenvalue weighted by Crippen LogP contribution is -1.97. The Bertz CT molecular complexity index is 1170. The molecule has 3 heteroatoms. The summed E-state index contributed by atoms with van der Waals surface area (Å²) in [5.41, 5.74) is 8.58. The van der Waals surface area contributed by atoms with Crippen molar-refractivity contribution in [1.29, 1.82) is 0 Å². The Labute approximate surface area is 183 Å². The van der Waals surface area contributed by atoms with E-state index in [0.29, 0.717) is 6.61 Å². The lowest BCUT2D eigenvalue weighted by molar-refractivity contribution is -0.135. The molecule has 0 bridgehead atoms. The van der Waals surface area contributed by atoms with Crippen LogP contribution in [0.3, 0.4) is 0 Å². The van der Waals surface area contributed by atoms with Gasteiger partial charge in [-0.25, -0.2) is 0 Å². The molecule has 1 aliphatic carbocycles. The summed E-state index contributed by atoms with van der Waals surface area (Å²) in [4.78, 5) is 11.5. The second kappa shape index (κ2) is 9.05. The molecule has 3 aromatic rings. The maximum atomic E-state index is 11.5. The summed E-state index contributed by atoms with van der Waals surface area (Å²) in [6.07, 6.45) is 3.12. The number of fused-ring (bicyclic) bond motifs is 1. The van der Waals surface area contributed by atoms with Crippen LogP contribution in [-0.4, -0.2) is 11.1 Å². The number of aliphatic carboxylic acids is 1. The van der Waals surface area contributed by atoms with Crippen LogP contribution in [0.15, 0.2) is 78.4 Å². The molecule has 31 heavy (non-hydrogen) atoms. The van der Waals surface area contributed by atoms with Crippen molar-refractivity contribution in [2.45, 2.75) is 33.3 Å². The van der Waals surface area contributed by atoms with Crippen LogP contribution in [0.2, 0.25) is 0 Å². The smallest absolute Gasteiger partial charge is 0.307 e. The van der Waals surface area contributed by atoms with Crippen molar-refractivity contribution in [3.63, 3.8) is 0 Å². The van der Waals surface area contributed by atoms with Crippen molar-refractivity contribution in [3.05, 3.63) is 106 Å². The van der Waals surface area contributed by atoms with Crippen molar-refractivity contribution < 1.29 is 14.6 Å². The first kappa shape index (κ1) is 20.7. The van der Waals surface area contributed by atoms with Crippen LogP contribution < -0.4 is 4.74 Å². The summed E-state index contributed by atoms with van der Waals surface area (Å²) in [6.45, 7) is 4.64. The molecule has 3 nitrogen and oxygen atoms in total. The van der Waals surface area contributed by atoms with E-state index in [0.717, 1.165) is 51.1 Å². The largest absolute Gasteiger partial charge is 0.489 e. The van der Waals surface area contributed by atoms with Gasteiger partial charge in [0, 0.05) is 0 Å². The zero-order valence-electron chi connectivity index (χ0n) is 17.9. The zero-order valence-corrected chi connectivity index (χ0v) is 17.9. The topological polar surface area (TPSA) is 46.5 Å². The fourth-order valence-electron chi connectivity index (χ4n) is 4.05. The summed E-state index contributed by atoms with van der Waals surface area (Å²) >= 11 is 0. The van der Waals surface area contributed by atoms with Crippen molar-refractivity contribution in [3.8, 4) is 5.75 Å². The third-order valence-electron chi connectivity index (χ3n) is 5.70. The fraction of sp³-hybridized carbons (Fsp3) is 0.179. The molecule has 4 rings (SSSR count). The Hall–Kier alpha value is -3.59. The minimum Gasteiger partial charge on any atom is -0.489 e. The molecule has 0 radical (unpaired) electrons. The maximum absolute atomic E-state index is 11.5. The molecule has 0 heterocycles. The molecule has 0 fully saturated rings. The van der Waals surface area contributed by atoms with Gasteiger partial charge in [-0.1, -0.05) is 61.5 Å². The molecule has 156 valence electrons. The molecule has 3 aromatic carbocycles. The Morgan fingerprint density at radius 2 is 1.74 bits per heavy atom. The summed E-state index contributed by atoms with van der Waals surface area (Å²) in [5.74, 6) is 0.0447. The number of hydrogen-bond acceptors (Lipinski definition) is 2. The summed E-state index contributed by atoms with van der Waals surface area (Å²) < 4.78 is 5.89. The number of rotatable bonds is 7. The summed E-state index contributed by atoms with van der Waals surface area (Å²) in [6, 6.07) is 24.5. The number of carboxylic acid groups (broad SMARTS) is 1. The average molecular weight is 411 g/mol. The van der Waals surface area contributed by atoms with Gasteiger partial charge in [-0.3, -0.25) is 4.79 Å². The number of para-hydroxylation sites is 1. The van der Waals surface area contributed by atoms with Crippen LogP contribution in [0.1, 0.15) is 48.1 Å². The number of ether oxygens (including phenoxy) is 1. The van der Waals surface area contributed by atoms with E-state index in [4.69, 9.17) is 4.74 Å². The van der Waals surface area contributed by atoms with Gasteiger partial charge >= 0.3 is 5.97 Å². The highest BCUT2D eigenvalue weighted by Crippen LogP contribution is 2.44. The average Bonchev–Trinajstić information content (AvgIpc) is 3.03. The quantitative estimate of drug-likeness (QED) is 0.475. The number of carbonyl (C=O) groups is 1.